The van der Waals surface area contributed by atoms with Crippen LogP contribution in [-0.4, -0.2) is 45.3 Å². The predicted molar refractivity (Wildman–Crippen MR) is 83.5 cm³/mol. The number of hydrogen-bond acceptors (Lipinski definition) is 3. The molecule has 0 aliphatic carbocycles. The van der Waals surface area contributed by atoms with Gasteiger partial charge >= 0.3 is 0 Å². The Morgan fingerprint density at radius 3 is 2.53 bits per heavy atom. The first-order chi connectivity index (χ1) is 8.99. The maximum absolute atomic E-state index is 5.68. The van der Waals surface area contributed by atoms with E-state index in [-0.39, 0.29) is 6.10 Å². The lowest BCUT2D eigenvalue weighted by Gasteiger charge is -2.32. The number of nitrogens with two attached hydrogens (primary N) is 1. The van der Waals surface area contributed by atoms with Gasteiger partial charge in [0.05, 0.1) is 20.8 Å². The van der Waals surface area contributed by atoms with Crippen LogP contribution in [0.3, 0.4) is 0 Å². The predicted octanol–water partition coefficient (Wildman–Crippen LogP) is 1.39. The zero-order chi connectivity index (χ0) is 13.9. The topological polar surface area (TPSA) is 38.5 Å². The van der Waals surface area contributed by atoms with Crippen molar-refractivity contribution in [3.63, 3.8) is 0 Å². The largest absolute Gasteiger partial charge is 0.374 e. The van der Waals surface area contributed by atoms with Gasteiger partial charge in [0.2, 0.25) is 0 Å². The van der Waals surface area contributed by atoms with E-state index in [2.05, 4.69) is 48.8 Å². The van der Waals surface area contributed by atoms with Crippen LogP contribution in [0.2, 0.25) is 19.6 Å². The lowest BCUT2D eigenvalue weighted by Crippen LogP contribution is -2.45. The minimum Gasteiger partial charge on any atom is -0.374 e. The van der Waals surface area contributed by atoms with Crippen molar-refractivity contribution < 1.29 is 4.74 Å². The fourth-order valence-corrected chi connectivity index (χ4v) is 3.60. The van der Waals surface area contributed by atoms with Gasteiger partial charge in [-0.05, 0) is 5.56 Å². The van der Waals surface area contributed by atoms with Gasteiger partial charge < -0.3 is 10.5 Å². The summed E-state index contributed by atoms with van der Waals surface area (Å²) in [5, 5.41) is 1.53. The summed E-state index contributed by atoms with van der Waals surface area (Å²) in [5.41, 5.74) is 7.07. The number of hydrogen-bond donors (Lipinski definition) is 1. The molecule has 1 heterocycles. The van der Waals surface area contributed by atoms with Crippen molar-refractivity contribution in [2.45, 2.75) is 32.3 Å². The van der Waals surface area contributed by atoms with Crippen molar-refractivity contribution in [1.82, 2.24) is 4.90 Å². The molecule has 0 amide bonds. The monoisotopic (exact) mass is 278 g/mol. The van der Waals surface area contributed by atoms with Crippen LogP contribution in [0.5, 0.6) is 0 Å². The molecule has 1 unspecified atom stereocenters. The molecule has 1 saturated heterocycles. The maximum Gasteiger partial charge on any atom is 0.0824 e. The first-order valence-electron chi connectivity index (χ1n) is 7.12. The smallest absolute Gasteiger partial charge is 0.0824 e. The van der Waals surface area contributed by atoms with E-state index >= 15 is 0 Å². The van der Waals surface area contributed by atoms with E-state index in [1.54, 1.807) is 0 Å². The Labute approximate surface area is 117 Å². The minimum atomic E-state index is -1.18. The Morgan fingerprint density at radius 2 is 1.95 bits per heavy atom. The third-order valence-electron chi connectivity index (χ3n) is 3.71. The Hall–Kier alpha value is -0.683. The number of nitrogens with zero attached hydrogens (tertiary/aromatic N) is 1. The third-order valence-corrected chi connectivity index (χ3v) is 5.78. The van der Waals surface area contributed by atoms with Crippen molar-refractivity contribution in [1.29, 1.82) is 0 Å². The number of morpholine rings is 1. The van der Waals surface area contributed by atoms with Crippen LogP contribution in [0, 0.1) is 0 Å². The van der Waals surface area contributed by atoms with E-state index in [9.17, 15) is 0 Å². The van der Waals surface area contributed by atoms with Crippen LogP contribution >= 0.6 is 0 Å². The SMILES string of the molecule is C[Si](C)(C)c1ccc(CN2CCOC(CN)C2)cc1. The zero-order valence-corrected chi connectivity index (χ0v) is 13.4. The van der Waals surface area contributed by atoms with E-state index in [1.165, 1.54) is 10.8 Å². The minimum absolute atomic E-state index is 0.204. The molecule has 1 fully saturated rings. The highest BCUT2D eigenvalue weighted by molar-refractivity contribution is 6.88. The van der Waals surface area contributed by atoms with Gasteiger partial charge in [0, 0.05) is 26.2 Å². The second-order valence-electron chi connectivity index (χ2n) is 6.41. The Bertz CT molecular complexity index is 400. The Balaban J connectivity index is 1.96. The molecular weight excluding hydrogens is 252 g/mol. The summed E-state index contributed by atoms with van der Waals surface area (Å²) in [6.07, 6.45) is 0.204. The molecule has 1 aliphatic rings. The van der Waals surface area contributed by atoms with Gasteiger partial charge in [-0.15, -0.1) is 0 Å². The molecule has 3 nitrogen and oxygen atoms in total. The molecular formula is C15H26N2OSi. The zero-order valence-electron chi connectivity index (χ0n) is 12.4. The average molecular weight is 278 g/mol. The highest BCUT2D eigenvalue weighted by atomic mass is 28.3. The van der Waals surface area contributed by atoms with Gasteiger partial charge in [-0.3, -0.25) is 4.90 Å². The lowest BCUT2D eigenvalue weighted by atomic mass is 10.2. The molecule has 0 bridgehead atoms. The summed E-state index contributed by atoms with van der Waals surface area (Å²) in [7, 11) is -1.18. The van der Waals surface area contributed by atoms with Gasteiger partial charge in [-0.25, -0.2) is 0 Å². The number of benzene rings is 1. The van der Waals surface area contributed by atoms with E-state index in [4.69, 9.17) is 10.5 Å². The number of ether oxygens (including phenoxy) is 1. The fourth-order valence-electron chi connectivity index (χ4n) is 2.43. The summed E-state index contributed by atoms with van der Waals surface area (Å²) in [6.45, 7) is 11.5. The van der Waals surface area contributed by atoms with Crippen LogP contribution in [0.1, 0.15) is 5.56 Å². The lowest BCUT2D eigenvalue weighted by molar-refractivity contribution is -0.0260. The van der Waals surface area contributed by atoms with Crippen molar-refractivity contribution in [3.05, 3.63) is 29.8 Å². The van der Waals surface area contributed by atoms with Crippen molar-refractivity contribution in [2.75, 3.05) is 26.2 Å². The molecule has 1 aromatic rings. The van der Waals surface area contributed by atoms with E-state index < -0.39 is 8.07 Å². The Morgan fingerprint density at radius 1 is 1.26 bits per heavy atom. The third kappa shape index (κ3) is 4.14. The molecule has 106 valence electrons. The van der Waals surface area contributed by atoms with Gasteiger partial charge in [0.15, 0.2) is 0 Å². The molecule has 19 heavy (non-hydrogen) atoms. The van der Waals surface area contributed by atoms with Crippen molar-refractivity contribution >= 4 is 13.3 Å². The summed E-state index contributed by atoms with van der Waals surface area (Å²) in [5.74, 6) is 0. The first-order valence-corrected chi connectivity index (χ1v) is 10.6. The molecule has 4 heteroatoms. The highest BCUT2D eigenvalue weighted by Crippen LogP contribution is 2.10. The van der Waals surface area contributed by atoms with Gasteiger partial charge in [0.25, 0.3) is 0 Å². The van der Waals surface area contributed by atoms with Gasteiger partial charge in [-0.2, -0.15) is 0 Å². The normalized spacial score (nSPS) is 21.6. The molecule has 1 aromatic carbocycles. The highest BCUT2D eigenvalue weighted by Gasteiger charge is 2.20. The number of rotatable bonds is 4. The van der Waals surface area contributed by atoms with E-state index in [0.29, 0.717) is 6.54 Å². The molecule has 1 aliphatic heterocycles. The molecule has 0 spiro atoms. The molecule has 2 N–H and O–H groups in total. The average Bonchev–Trinajstić information content (AvgIpc) is 2.38. The van der Waals surface area contributed by atoms with E-state index in [1.807, 2.05) is 0 Å². The van der Waals surface area contributed by atoms with Crippen molar-refractivity contribution in [3.8, 4) is 0 Å². The molecule has 0 saturated carbocycles. The standard InChI is InChI=1S/C15H26N2OSi/c1-19(2,3)15-6-4-13(5-7-15)11-17-8-9-18-14(10-16)12-17/h4-7,14H,8-12,16H2,1-3H3. The quantitative estimate of drug-likeness (QED) is 0.846. The molecule has 1 atom stereocenters. The Kier molecular flexibility index (Phi) is 4.79. The van der Waals surface area contributed by atoms with Crippen LogP contribution < -0.4 is 10.9 Å². The van der Waals surface area contributed by atoms with Crippen LogP contribution in [0.4, 0.5) is 0 Å². The van der Waals surface area contributed by atoms with Crippen molar-refractivity contribution in [2.24, 2.45) is 5.73 Å². The van der Waals surface area contributed by atoms with Crippen LogP contribution in [0.15, 0.2) is 24.3 Å². The maximum atomic E-state index is 5.68. The summed E-state index contributed by atoms with van der Waals surface area (Å²) in [4.78, 5) is 2.44. The summed E-state index contributed by atoms with van der Waals surface area (Å²) in [6, 6.07) is 9.17. The second kappa shape index (κ2) is 6.18. The molecule has 2 rings (SSSR count). The van der Waals surface area contributed by atoms with Crippen LogP contribution in [0.25, 0.3) is 0 Å². The van der Waals surface area contributed by atoms with Gasteiger partial charge in [0.1, 0.15) is 0 Å². The summed E-state index contributed by atoms with van der Waals surface area (Å²) >= 11 is 0. The van der Waals surface area contributed by atoms with E-state index in [0.717, 1.165) is 26.2 Å². The van der Waals surface area contributed by atoms with Crippen LogP contribution in [-0.2, 0) is 11.3 Å². The first kappa shape index (κ1) is 14.7. The van der Waals surface area contributed by atoms with Gasteiger partial charge in [-0.1, -0.05) is 49.1 Å². The molecule has 0 radical (unpaired) electrons. The molecule has 0 aromatic heterocycles. The fraction of sp³-hybridized carbons (Fsp3) is 0.600. The second-order valence-corrected chi connectivity index (χ2v) is 11.5. The summed E-state index contributed by atoms with van der Waals surface area (Å²) < 4.78 is 5.60.